The molecule has 0 aromatic carbocycles. The molecule has 0 aliphatic heterocycles. The van der Waals surface area contributed by atoms with Gasteiger partial charge in [-0.3, -0.25) is 4.68 Å². The third-order valence-corrected chi connectivity index (χ3v) is 3.00. The predicted molar refractivity (Wildman–Crippen MR) is 61.3 cm³/mol. The molecule has 0 saturated carbocycles. The minimum atomic E-state index is 0.718. The number of rotatable bonds is 5. The first kappa shape index (κ1) is 11.9. The second-order valence-corrected chi connectivity index (χ2v) is 4.09. The number of alkyl halides is 1. The average molecular weight is 235 g/mol. The van der Waals surface area contributed by atoms with E-state index in [9.17, 15) is 0 Å². The largest absolute Gasteiger partial charge is 0.271 e. The Morgan fingerprint density at radius 2 is 2.07 bits per heavy atom. The van der Waals surface area contributed by atoms with E-state index in [1.54, 1.807) is 0 Å². The first-order chi connectivity index (χ1) is 6.70. The lowest BCUT2D eigenvalue weighted by Gasteiger charge is -2.00. The van der Waals surface area contributed by atoms with Crippen molar-refractivity contribution < 1.29 is 0 Å². The Labute approximate surface area is 95.2 Å². The van der Waals surface area contributed by atoms with Crippen LogP contribution in [0.2, 0.25) is 5.02 Å². The molecule has 1 aromatic rings. The molecule has 0 unspecified atom stereocenters. The first-order valence-corrected chi connectivity index (χ1v) is 5.88. The number of aromatic nitrogens is 2. The number of halogens is 2. The lowest BCUT2D eigenvalue weighted by Crippen LogP contribution is -1.98. The third-order valence-electron chi connectivity index (χ3n) is 2.30. The number of unbranched alkanes of at least 4 members (excludes halogenated alkanes) is 1. The van der Waals surface area contributed by atoms with E-state index in [0.717, 1.165) is 48.0 Å². The lowest BCUT2D eigenvalue weighted by molar-refractivity contribution is 0.671. The van der Waals surface area contributed by atoms with Gasteiger partial charge in [0.25, 0.3) is 0 Å². The standard InChI is InChI=1S/C10H16Cl2N2/c1-3-8-10(12)9(14(2)13-8)6-4-5-7-11/h3-7H2,1-2H3. The van der Waals surface area contributed by atoms with Gasteiger partial charge in [0.1, 0.15) is 0 Å². The number of aryl methyl sites for hydroxylation is 2. The number of hydrogen-bond donors (Lipinski definition) is 0. The Hall–Kier alpha value is -0.210. The molecule has 0 fully saturated rings. The fourth-order valence-corrected chi connectivity index (χ4v) is 2.06. The van der Waals surface area contributed by atoms with Gasteiger partial charge in [-0.2, -0.15) is 5.10 Å². The van der Waals surface area contributed by atoms with Gasteiger partial charge in [0.05, 0.1) is 16.4 Å². The van der Waals surface area contributed by atoms with Crippen LogP contribution in [-0.4, -0.2) is 15.7 Å². The summed E-state index contributed by atoms with van der Waals surface area (Å²) in [5.74, 6) is 0.718. The minimum Gasteiger partial charge on any atom is -0.271 e. The maximum absolute atomic E-state index is 6.19. The van der Waals surface area contributed by atoms with Crippen molar-refractivity contribution in [3.8, 4) is 0 Å². The molecule has 0 bridgehead atoms. The van der Waals surface area contributed by atoms with Crippen molar-refractivity contribution in [2.75, 3.05) is 5.88 Å². The zero-order valence-corrected chi connectivity index (χ0v) is 10.2. The van der Waals surface area contributed by atoms with Gasteiger partial charge in [-0.05, 0) is 25.7 Å². The smallest absolute Gasteiger partial charge is 0.0849 e. The molecule has 0 saturated heterocycles. The molecule has 1 aromatic heterocycles. The van der Waals surface area contributed by atoms with Crippen LogP contribution in [0.3, 0.4) is 0 Å². The fourth-order valence-electron chi connectivity index (χ4n) is 1.48. The Morgan fingerprint density at radius 1 is 1.36 bits per heavy atom. The highest BCUT2D eigenvalue weighted by Gasteiger charge is 2.11. The summed E-state index contributed by atoms with van der Waals surface area (Å²) in [5, 5.41) is 5.20. The summed E-state index contributed by atoms with van der Waals surface area (Å²) in [6.07, 6.45) is 3.97. The van der Waals surface area contributed by atoms with E-state index < -0.39 is 0 Å². The highest BCUT2D eigenvalue weighted by atomic mass is 35.5. The molecule has 14 heavy (non-hydrogen) atoms. The highest BCUT2D eigenvalue weighted by Crippen LogP contribution is 2.22. The molecule has 1 heterocycles. The van der Waals surface area contributed by atoms with Gasteiger partial charge in [0.2, 0.25) is 0 Å². The Bertz CT molecular complexity index is 295. The summed E-state index contributed by atoms with van der Waals surface area (Å²) in [6.45, 7) is 2.07. The van der Waals surface area contributed by atoms with Crippen LogP contribution in [0.15, 0.2) is 0 Å². The van der Waals surface area contributed by atoms with Crippen LogP contribution in [0.1, 0.15) is 31.2 Å². The maximum atomic E-state index is 6.19. The van der Waals surface area contributed by atoms with Gasteiger partial charge in [0.15, 0.2) is 0 Å². The molecule has 80 valence electrons. The quantitative estimate of drug-likeness (QED) is 0.566. The minimum absolute atomic E-state index is 0.718. The van der Waals surface area contributed by atoms with Gasteiger partial charge in [-0.15, -0.1) is 11.6 Å². The van der Waals surface area contributed by atoms with Crippen LogP contribution in [0.5, 0.6) is 0 Å². The van der Waals surface area contributed by atoms with E-state index in [1.807, 2.05) is 11.7 Å². The molecule has 0 spiro atoms. The van der Waals surface area contributed by atoms with E-state index in [-0.39, 0.29) is 0 Å². The summed E-state index contributed by atoms with van der Waals surface area (Å²) < 4.78 is 1.88. The molecule has 0 aliphatic carbocycles. The lowest BCUT2D eigenvalue weighted by atomic mass is 10.2. The molecule has 0 atom stereocenters. The number of nitrogens with zero attached hydrogens (tertiary/aromatic N) is 2. The summed E-state index contributed by atoms with van der Waals surface area (Å²) >= 11 is 11.8. The highest BCUT2D eigenvalue weighted by molar-refractivity contribution is 6.31. The van der Waals surface area contributed by atoms with Crippen LogP contribution in [0.25, 0.3) is 0 Å². The Morgan fingerprint density at radius 3 is 2.57 bits per heavy atom. The first-order valence-electron chi connectivity index (χ1n) is 4.96. The van der Waals surface area contributed by atoms with E-state index in [0.29, 0.717) is 0 Å². The van der Waals surface area contributed by atoms with E-state index in [1.165, 1.54) is 0 Å². The van der Waals surface area contributed by atoms with Gasteiger partial charge >= 0.3 is 0 Å². The summed E-state index contributed by atoms with van der Waals surface area (Å²) in [7, 11) is 1.95. The van der Waals surface area contributed by atoms with Crippen LogP contribution in [0, 0.1) is 0 Å². The summed E-state index contributed by atoms with van der Waals surface area (Å²) in [4.78, 5) is 0. The molecule has 1 rings (SSSR count). The van der Waals surface area contributed by atoms with Crippen LogP contribution in [0.4, 0.5) is 0 Å². The average Bonchev–Trinajstić information content (AvgIpc) is 2.45. The predicted octanol–water partition coefficient (Wildman–Crippen LogP) is 3.20. The van der Waals surface area contributed by atoms with E-state index in [4.69, 9.17) is 23.2 Å². The maximum Gasteiger partial charge on any atom is 0.0849 e. The van der Waals surface area contributed by atoms with Crippen molar-refractivity contribution in [2.45, 2.75) is 32.6 Å². The molecule has 0 N–H and O–H groups in total. The second kappa shape index (κ2) is 5.62. The monoisotopic (exact) mass is 234 g/mol. The van der Waals surface area contributed by atoms with Crippen molar-refractivity contribution in [3.05, 3.63) is 16.4 Å². The van der Waals surface area contributed by atoms with E-state index in [2.05, 4.69) is 12.0 Å². The van der Waals surface area contributed by atoms with Gasteiger partial charge in [-0.25, -0.2) is 0 Å². The molecular weight excluding hydrogens is 219 g/mol. The van der Waals surface area contributed by atoms with Crippen molar-refractivity contribution in [1.82, 2.24) is 9.78 Å². The van der Waals surface area contributed by atoms with Gasteiger partial charge < -0.3 is 0 Å². The van der Waals surface area contributed by atoms with Crippen molar-refractivity contribution in [1.29, 1.82) is 0 Å². The fraction of sp³-hybridized carbons (Fsp3) is 0.700. The summed E-state index contributed by atoms with van der Waals surface area (Å²) in [5.41, 5.74) is 2.13. The summed E-state index contributed by atoms with van der Waals surface area (Å²) in [6, 6.07) is 0. The topological polar surface area (TPSA) is 17.8 Å². The van der Waals surface area contributed by atoms with E-state index >= 15 is 0 Å². The SMILES string of the molecule is CCc1nn(C)c(CCCCCl)c1Cl. The molecule has 0 aliphatic rings. The van der Waals surface area contributed by atoms with Gasteiger partial charge in [-0.1, -0.05) is 18.5 Å². The second-order valence-electron chi connectivity index (χ2n) is 3.33. The van der Waals surface area contributed by atoms with Crippen molar-refractivity contribution in [2.24, 2.45) is 7.05 Å². The van der Waals surface area contributed by atoms with Crippen LogP contribution >= 0.6 is 23.2 Å². The Kier molecular flexibility index (Phi) is 4.76. The van der Waals surface area contributed by atoms with Gasteiger partial charge in [0, 0.05) is 12.9 Å². The number of hydrogen-bond acceptors (Lipinski definition) is 1. The zero-order chi connectivity index (χ0) is 10.6. The third kappa shape index (κ3) is 2.64. The molecule has 2 nitrogen and oxygen atoms in total. The molecular formula is C10H16Cl2N2. The van der Waals surface area contributed by atoms with Crippen LogP contribution in [-0.2, 0) is 19.9 Å². The molecule has 4 heteroatoms. The van der Waals surface area contributed by atoms with Crippen LogP contribution < -0.4 is 0 Å². The molecule has 0 radical (unpaired) electrons. The zero-order valence-electron chi connectivity index (χ0n) is 8.69. The molecule has 0 amide bonds. The Balaban J connectivity index is 2.70. The van der Waals surface area contributed by atoms with Crippen molar-refractivity contribution >= 4 is 23.2 Å². The normalized spacial score (nSPS) is 10.9. The van der Waals surface area contributed by atoms with Crippen molar-refractivity contribution in [3.63, 3.8) is 0 Å².